The van der Waals surface area contributed by atoms with Gasteiger partial charge in [-0.15, -0.1) is 0 Å². The van der Waals surface area contributed by atoms with Crippen molar-refractivity contribution < 1.29 is 28.4 Å². The van der Waals surface area contributed by atoms with Gasteiger partial charge in [0.05, 0.1) is 47.3 Å². The van der Waals surface area contributed by atoms with Gasteiger partial charge in [-0.25, -0.2) is 0 Å². The number of aryl methyl sites for hydroxylation is 3. The second kappa shape index (κ2) is 19.8. The summed E-state index contributed by atoms with van der Waals surface area (Å²) >= 11 is 0. The summed E-state index contributed by atoms with van der Waals surface area (Å²) in [4.78, 5) is 8.33. The lowest BCUT2D eigenvalue weighted by Gasteiger charge is -2.70. The number of nitriles is 2. The summed E-state index contributed by atoms with van der Waals surface area (Å²) in [5, 5.41) is 20.4. The molecule has 6 heterocycles. The molecular weight excluding hydrogens is 1080 g/mol. The van der Waals surface area contributed by atoms with Crippen LogP contribution in [0.15, 0.2) is 84.2 Å². The number of ether oxygens (including phenoxy) is 6. The number of likely N-dealkylation sites (tertiary alicyclic amines) is 3. The third kappa shape index (κ3) is 7.06. The number of piperidine rings is 3. The fourth-order valence-electron chi connectivity index (χ4n) is 22.0. The topological polar surface area (TPSA) is 113 Å². The fourth-order valence-corrected chi connectivity index (χ4v) is 22.0. The van der Waals surface area contributed by atoms with Crippen molar-refractivity contribution in [2.45, 2.75) is 204 Å². The van der Waals surface area contributed by atoms with Crippen molar-refractivity contribution in [2.24, 2.45) is 40.4 Å². The number of hydrogen-bond donors (Lipinski definition) is 0. The first-order chi connectivity index (χ1) is 40.4. The van der Waals surface area contributed by atoms with Gasteiger partial charge in [-0.2, -0.15) is 10.5 Å². The number of methoxy groups -OCH3 is 3. The zero-order valence-electron chi connectivity index (χ0n) is 49.6. The Morgan fingerprint density at radius 1 is 0.529 bits per heavy atom. The highest BCUT2D eigenvalue weighted by Gasteiger charge is 2.81. The maximum absolute atomic E-state index is 10.2. The van der Waals surface area contributed by atoms with E-state index < -0.39 is 11.2 Å². The van der Waals surface area contributed by atoms with Gasteiger partial charge in [-0.1, -0.05) is 96.5 Å². The van der Waals surface area contributed by atoms with E-state index in [-0.39, 0.29) is 86.9 Å². The molecule has 3 aromatic rings. The smallest absolute Gasteiger partial charge is 0.169 e. The largest absolute Gasteiger partial charge is 0.497 e. The van der Waals surface area contributed by atoms with Crippen LogP contribution < -0.4 is 14.2 Å². The van der Waals surface area contributed by atoms with Gasteiger partial charge in [0.2, 0.25) is 0 Å². The summed E-state index contributed by atoms with van der Waals surface area (Å²) in [6.07, 6.45) is 30.6. The predicted molar refractivity (Wildman–Crippen MR) is 341 cm³/mol. The molecule has 87 heavy (non-hydrogen) atoms. The van der Waals surface area contributed by atoms with E-state index in [9.17, 15) is 10.5 Å². The highest BCUT2D eigenvalue weighted by molar-refractivity contribution is 5.68. The van der Waals surface area contributed by atoms with E-state index in [1.54, 1.807) is 26.9 Å². The van der Waals surface area contributed by atoms with Crippen LogP contribution in [0, 0.1) is 83.9 Å². The van der Waals surface area contributed by atoms with Gasteiger partial charge in [0.25, 0.3) is 0 Å². The van der Waals surface area contributed by atoms with Gasteiger partial charge in [-0.3, -0.25) is 14.7 Å². The number of nitrogens with zero attached hydrogens (tertiary/aromatic N) is 5. The standard InChI is InChI=1S/2C25H28N2O2.C22H25NO2.4CH4/c2*1-15-3-6-17-11-19-23-7-8-25(28-2,18(12-23)13-26)22-24(23,20(17)21(15)29-22)9-10-27(19)14-16-4-5-16;1-13-3-6-15-11-17-16-7-8-18(24-2)21-22(16,19(15)20(13)25-21)9-10-23(17)12-14-4-5-14;;;;/h2*3,6-8,16,18-19,22H,4-5,9-12,14H2,1-2H3;3,6-8,14,17,21H,4-5,9-12H2,1-2H3;4*1H4/t18-,19+,22+,23+,24-,25+;18-,19-,22-,23-,24+,25-;17-,21+,22+;;;;/m011..../s1. The number of hydrogen-bond acceptors (Lipinski definition) is 11. The molecule has 15 atom stereocenters. The average Bonchev–Trinajstić information content (AvgIpc) is 1.58. The Morgan fingerprint density at radius 2 is 0.966 bits per heavy atom. The van der Waals surface area contributed by atoms with E-state index in [0.29, 0.717) is 18.1 Å². The minimum Gasteiger partial charge on any atom is -0.497 e. The van der Waals surface area contributed by atoms with E-state index in [2.05, 4.69) is 120 Å². The number of rotatable bonds is 9. The summed E-state index contributed by atoms with van der Waals surface area (Å²) in [6.45, 7) is 13.7. The Kier molecular flexibility index (Phi) is 13.5. The van der Waals surface area contributed by atoms with Crippen molar-refractivity contribution in [2.75, 3.05) is 60.6 Å². The first kappa shape index (κ1) is 59.2. The van der Waals surface area contributed by atoms with Gasteiger partial charge in [-0.05, 0) is 187 Å². The van der Waals surface area contributed by atoms with Crippen molar-refractivity contribution in [3.05, 3.63) is 134 Å². The van der Waals surface area contributed by atoms with Crippen molar-refractivity contribution in [3.8, 4) is 29.4 Å². The Hall–Kier alpha value is -5.40. The maximum Gasteiger partial charge on any atom is 0.169 e. The molecule has 3 aromatic carbocycles. The van der Waals surface area contributed by atoms with Crippen LogP contribution in [0.4, 0.5) is 0 Å². The molecule has 22 rings (SSSR count). The first-order valence-electron chi connectivity index (χ1n) is 32.3. The average molecular weight is 1180 g/mol. The number of allylic oxidation sites excluding steroid dienone is 2. The van der Waals surface area contributed by atoms with Gasteiger partial charge in [0, 0.05) is 86.0 Å². The minimum absolute atomic E-state index is 0. The van der Waals surface area contributed by atoms with Crippen molar-refractivity contribution in [3.63, 3.8) is 0 Å². The third-order valence-electron chi connectivity index (χ3n) is 26.2. The quantitative estimate of drug-likeness (QED) is 0.191. The van der Waals surface area contributed by atoms with Crippen LogP contribution in [0.3, 0.4) is 0 Å². The van der Waals surface area contributed by atoms with Crippen LogP contribution in [0.25, 0.3) is 0 Å². The van der Waals surface area contributed by atoms with Crippen LogP contribution in [-0.2, 0) is 49.7 Å². The van der Waals surface area contributed by atoms with Crippen molar-refractivity contribution in [1.82, 2.24) is 14.7 Å². The zero-order valence-corrected chi connectivity index (χ0v) is 49.6. The van der Waals surface area contributed by atoms with Crippen LogP contribution in [-0.4, -0.2) is 123 Å². The second-order valence-electron chi connectivity index (χ2n) is 29.4. The summed E-state index contributed by atoms with van der Waals surface area (Å²) in [5.41, 5.74) is 12.8. The Balaban J connectivity index is 0.000000113. The predicted octanol–water partition coefficient (Wildman–Crippen LogP) is 13.1. The molecular formula is C76H97N5O6. The van der Waals surface area contributed by atoms with E-state index in [4.69, 9.17) is 28.4 Å². The van der Waals surface area contributed by atoms with Crippen LogP contribution in [0.2, 0.25) is 0 Å². The molecule has 11 nitrogen and oxygen atoms in total. The highest BCUT2D eigenvalue weighted by Crippen LogP contribution is 2.76. The Morgan fingerprint density at radius 3 is 1.40 bits per heavy atom. The molecule has 6 aliphatic heterocycles. The lowest BCUT2D eigenvalue weighted by Crippen LogP contribution is -2.79. The molecule has 13 aliphatic carbocycles. The monoisotopic (exact) mass is 1180 g/mol. The molecule has 0 N–H and O–H groups in total. The second-order valence-corrected chi connectivity index (χ2v) is 29.4. The first-order valence-corrected chi connectivity index (χ1v) is 32.3. The summed E-state index contributed by atoms with van der Waals surface area (Å²) in [5.74, 6) is 6.69. The molecule has 10 bridgehead atoms. The lowest BCUT2D eigenvalue weighted by atomic mass is 9.37. The molecule has 8 fully saturated rings. The van der Waals surface area contributed by atoms with Gasteiger partial charge < -0.3 is 28.4 Å². The van der Waals surface area contributed by atoms with Crippen molar-refractivity contribution in [1.29, 1.82) is 10.5 Å². The minimum atomic E-state index is -0.639. The van der Waals surface area contributed by atoms with E-state index in [1.165, 1.54) is 115 Å². The molecule has 5 saturated carbocycles. The molecule has 19 aliphatic rings. The van der Waals surface area contributed by atoms with Crippen molar-refractivity contribution >= 4 is 0 Å². The molecule has 11 heteroatoms. The van der Waals surface area contributed by atoms with E-state index in [0.717, 1.165) is 105 Å². The molecule has 0 amide bonds. The zero-order chi connectivity index (χ0) is 56.0. The molecule has 0 aromatic heterocycles. The highest BCUT2D eigenvalue weighted by atomic mass is 16.6. The van der Waals surface area contributed by atoms with Gasteiger partial charge >= 0.3 is 0 Å². The third-order valence-corrected chi connectivity index (χ3v) is 26.2. The van der Waals surface area contributed by atoms with Gasteiger partial charge in [0.15, 0.2) is 6.10 Å². The Bertz CT molecular complexity index is 3420. The van der Waals surface area contributed by atoms with E-state index >= 15 is 0 Å². The van der Waals surface area contributed by atoms with Crippen LogP contribution >= 0.6 is 0 Å². The summed E-state index contributed by atoms with van der Waals surface area (Å²) in [6, 6.07) is 20.5. The van der Waals surface area contributed by atoms with E-state index in [1.807, 2.05) is 0 Å². The summed E-state index contributed by atoms with van der Waals surface area (Å²) in [7, 11) is 5.32. The van der Waals surface area contributed by atoms with Crippen LogP contribution in [0.5, 0.6) is 17.2 Å². The number of fused-ring (bicyclic) bond motifs is 2. The summed E-state index contributed by atoms with van der Waals surface area (Å²) < 4.78 is 38.4. The number of benzene rings is 3. The molecule has 0 radical (unpaired) electrons. The molecule has 0 unspecified atom stereocenters. The fraction of sp³-hybridized carbons (Fsp3) is 0.632. The molecule has 3 saturated heterocycles. The molecule has 5 spiro atoms. The lowest BCUT2D eigenvalue weighted by molar-refractivity contribution is -0.205. The molecule has 462 valence electrons. The maximum atomic E-state index is 10.2. The Labute approximate surface area is 520 Å². The van der Waals surface area contributed by atoms with Crippen LogP contribution in [0.1, 0.15) is 150 Å². The normalized spacial score (nSPS) is 40.4. The van der Waals surface area contributed by atoms with Gasteiger partial charge in [0.1, 0.15) is 46.4 Å². The SMILES string of the molecule is C.C.C.C.COC1=CC=C2[C@H]3Cc4ccc(C)c5c4[C@@]2(CCN3CC2CC2)[C@H]1O5.CO[C@]12C=C[C@@]3(C[C@@H]1C#N)[C@H]1Cc4ccc(C)c5c4[C@@]3(CCN1CC1CC1)[C@H]2O5.CO[C@]12C=C[C@@]3(C[C@H]1C#N)[C@H]1Cc4ccc(C)c5c4[C@@]3(CCN1CC1CC1)[C@H]2O5.